The summed E-state index contributed by atoms with van der Waals surface area (Å²) in [5.74, 6) is -1.65. The fraction of sp³-hybridized carbons (Fsp3) is 0.214. The molecule has 0 aliphatic heterocycles. The van der Waals surface area contributed by atoms with Crippen molar-refractivity contribution in [3.05, 3.63) is 53.6 Å². The molecule has 0 unspecified atom stereocenters. The van der Waals surface area contributed by atoms with Crippen LogP contribution in [-0.2, 0) is 17.9 Å². The second-order valence-corrected chi connectivity index (χ2v) is 4.39. The molecule has 2 rings (SSSR count). The van der Waals surface area contributed by atoms with Gasteiger partial charge in [-0.3, -0.25) is 14.3 Å². The third-order valence-corrected chi connectivity index (χ3v) is 2.85. The van der Waals surface area contributed by atoms with Crippen molar-refractivity contribution in [1.29, 1.82) is 0 Å². The van der Waals surface area contributed by atoms with Crippen molar-refractivity contribution >= 4 is 11.9 Å². The largest absolute Gasteiger partial charge is 0.481 e. The van der Waals surface area contributed by atoms with Gasteiger partial charge in [0.05, 0.1) is 13.0 Å². The minimum absolute atomic E-state index is 0.111. The highest BCUT2D eigenvalue weighted by molar-refractivity contribution is 5.92. The molecule has 0 saturated carbocycles. The Morgan fingerprint density at radius 1 is 1.24 bits per heavy atom. The molecule has 2 aromatic rings. The third kappa shape index (κ3) is 4.13. The van der Waals surface area contributed by atoms with E-state index in [-0.39, 0.29) is 31.2 Å². The van der Waals surface area contributed by atoms with E-state index in [1.165, 1.54) is 29.1 Å². The number of carboxylic acid groups (broad SMARTS) is 1. The molecule has 0 spiro atoms. The zero-order chi connectivity index (χ0) is 15.2. The molecule has 1 aromatic carbocycles. The van der Waals surface area contributed by atoms with Crippen molar-refractivity contribution in [2.45, 2.75) is 19.5 Å². The average Bonchev–Trinajstić information content (AvgIpc) is 2.92. The lowest BCUT2D eigenvalue weighted by atomic mass is 10.2. The number of amides is 1. The van der Waals surface area contributed by atoms with Crippen molar-refractivity contribution in [2.24, 2.45) is 0 Å². The number of nitrogens with one attached hydrogen (secondary N) is 1. The minimum atomic E-state index is -0.955. The summed E-state index contributed by atoms with van der Waals surface area (Å²) >= 11 is 0. The normalized spacial score (nSPS) is 10.3. The number of halogens is 1. The van der Waals surface area contributed by atoms with Crippen LogP contribution in [0.5, 0.6) is 0 Å². The Morgan fingerprint density at radius 2 is 1.95 bits per heavy atom. The van der Waals surface area contributed by atoms with Gasteiger partial charge in [-0.15, -0.1) is 0 Å². The molecule has 0 saturated heterocycles. The van der Waals surface area contributed by atoms with Gasteiger partial charge in [-0.1, -0.05) is 12.1 Å². The van der Waals surface area contributed by atoms with Crippen molar-refractivity contribution in [3.63, 3.8) is 0 Å². The number of carbonyl (C=O) groups excluding carboxylic acids is 1. The molecule has 0 radical (unpaired) electrons. The fourth-order valence-electron chi connectivity index (χ4n) is 1.78. The summed E-state index contributed by atoms with van der Waals surface area (Å²) in [6.07, 6.45) is 1.33. The number of hydrogen-bond donors (Lipinski definition) is 2. The summed E-state index contributed by atoms with van der Waals surface area (Å²) in [6, 6.07) is 7.31. The summed E-state index contributed by atoms with van der Waals surface area (Å²) in [4.78, 5) is 22.6. The average molecular weight is 291 g/mol. The summed E-state index contributed by atoms with van der Waals surface area (Å²) in [6.45, 7) is 0.380. The second kappa shape index (κ2) is 6.65. The van der Waals surface area contributed by atoms with Crippen LogP contribution in [0.1, 0.15) is 22.5 Å². The van der Waals surface area contributed by atoms with Crippen molar-refractivity contribution in [2.75, 3.05) is 0 Å². The number of aromatic nitrogens is 2. The lowest BCUT2D eigenvalue weighted by Crippen LogP contribution is -2.26. The number of carboxylic acids is 1. The molecule has 110 valence electrons. The van der Waals surface area contributed by atoms with Crippen LogP contribution < -0.4 is 5.32 Å². The molecule has 0 bridgehead atoms. The molecular weight excluding hydrogens is 277 g/mol. The quantitative estimate of drug-likeness (QED) is 0.843. The Bertz CT molecular complexity index is 637. The number of aliphatic carboxylic acids is 1. The van der Waals surface area contributed by atoms with E-state index in [2.05, 4.69) is 10.4 Å². The van der Waals surface area contributed by atoms with Crippen LogP contribution in [0.4, 0.5) is 4.39 Å². The molecule has 1 aromatic heterocycles. The van der Waals surface area contributed by atoms with Crippen LogP contribution in [0.2, 0.25) is 0 Å². The van der Waals surface area contributed by atoms with E-state index in [1.54, 1.807) is 12.1 Å². The topological polar surface area (TPSA) is 84.2 Å². The monoisotopic (exact) mass is 291 g/mol. The zero-order valence-electron chi connectivity index (χ0n) is 11.1. The molecule has 6 nitrogen and oxygen atoms in total. The molecule has 21 heavy (non-hydrogen) atoms. The van der Waals surface area contributed by atoms with Crippen LogP contribution in [-0.4, -0.2) is 26.8 Å². The molecule has 1 amide bonds. The van der Waals surface area contributed by atoms with Crippen molar-refractivity contribution in [3.8, 4) is 0 Å². The lowest BCUT2D eigenvalue weighted by Gasteiger charge is -2.07. The third-order valence-electron chi connectivity index (χ3n) is 2.85. The van der Waals surface area contributed by atoms with Gasteiger partial charge in [0.2, 0.25) is 0 Å². The Kier molecular flexibility index (Phi) is 4.65. The summed E-state index contributed by atoms with van der Waals surface area (Å²) in [7, 11) is 0. The van der Waals surface area contributed by atoms with Crippen LogP contribution in [0.15, 0.2) is 36.5 Å². The van der Waals surface area contributed by atoms with Gasteiger partial charge in [0.15, 0.2) is 0 Å². The van der Waals surface area contributed by atoms with E-state index in [0.717, 1.165) is 5.56 Å². The molecule has 0 aliphatic rings. The van der Waals surface area contributed by atoms with E-state index in [4.69, 9.17) is 5.11 Å². The van der Waals surface area contributed by atoms with E-state index in [1.807, 2.05) is 0 Å². The first-order chi connectivity index (χ1) is 10.1. The van der Waals surface area contributed by atoms with Gasteiger partial charge in [0, 0.05) is 12.7 Å². The first kappa shape index (κ1) is 14.7. The van der Waals surface area contributed by atoms with E-state index in [0.29, 0.717) is 5.69 Å². The van der Waals surface area contributed by atoms with E-state index < -0.39 is 5.97 Å². The first-order valence-corrected chi connectivity index (χ1v) is 6.32. The number of hydrogen-bond acceptors (Lipinski definition) is 3. The van der Waals surface area contributed by atoms with E-state index >= 15 is 0 Å². The number of aryl methyl sites for hydroxylation is 1. The van der Waals surface area contributed by atoms with Gasteiger partial charge in [-0.2, -0.15) is 5.10 Å². The minimum Gasteiger partial charge on any atom is -0.481 e. The Labute approximate surface area is 120 Å². The Morgan fingerprint density at radius 3 is 2.62 bits per heavy atom. The number of rotatable bonds is 6. The Balaban J connectivity index is 1.95. The maximum Gasteiger partial charge on any atom is 0.305 e. The predicted octanol–water partition coefficient (Wildman–Crippen LogP) is 1.43. The summed E-state index contributed by atoms with van der Waals surface area (Å²) in [5.41, 5.74) is 1.06. The molecule has 7 heteroatoms. The van der Waals surface area contributed by atoms with Crippen LogP contribution >= 0.6 is 0 Å². The van der Waals surface area contributed by atoms with Crippen LogP contribution in [0.25, 0.3) is 0 Å². The molecule has 0 fully saturated rings. The lowest BCUT2D eigenvalue weighted by molar-refractivity contribution is -0.137. The highest BCUT2D eigenvalue weighted by Gasteiger charge is 2.12. The molecule has 0 aliphatic carbocycles. The summed E-state index contributed by atoms with van der Waals surface area (Å²) in [5, 5.41) is 15.2. The highest BCUT2D eigenvalue weighted by Crippen LogP contribution is 2.04. The van der Waals surface area contributed by atoms with Crippen LogP contribution in [0, 0.1) is 5.82 Å². The molecular formula is C14H14FN3O3. The van der Waals surface area contributed by atoms with E-state index in [9.17, 15) is 14.0 Å². The van der Waals surface area contributed by atoms with Gasteiger partial charge < -0.3 is 10.4 Å². The maximum absolute atomic E-state index is 12.8. The summed E-state index contributed by atoms with van der Waals surface area (Å²) < 4.78 is 14.1. The number of benzene rings is 1. The number of nitrogens with zero attached hydrogens (tertiary/aromatic N) is 2. The SMILES string of the molecule is O=C(O)CCn1nccc1C(=O)NCc1ccc(F)cc1. The number of carbonyl (C=O) groups is 2. The first-order valence-electron chi connectivity index (χ1n) is 6.32. The fourth-order valence-corrected chi connectivity index (χ4v) is 1.78. The van der Waals surface area contributed by atoms with Gasteiger partial charge in [-0.05, 0) is 23.8 Å². The predicted molar refractivity (Wildman–Crippen MR) is 72.1 cm³/mol. The Hall–Kier alpha value is -2.70. The van der Waals surface area contributed by atoms with Gasteiger partial charge in [-0.25, -0.2) is 4.39 Å². The molecule has 0 atom stereocenters. The molecule has 2 N–H and O–H groups in total. The second-order valence-electron chi connectivity index (χ2n) is 4.39. The van der Waals surface area contributed by atoms with Crippen molar-refractivity contribution < 1.29 is 19.1 Å². The standard InChI is InChI=1S/C14H14FN3O3/c15-11-3-1-10(2-4-11)9-16-14(21)12-5-7-17-18(12)8-6-13(19)20/h1-5,7H,6,8-9H2,(H,16,21)(H,19,20). The highest BCUT2D eigenvalue weighted by atomic mass is 19.1. The van der Waals surface area contributed by atoms with Crippen molar-refractivity contribution in [1.82, 2.24) is 15.1 Å². The van der Waals surface area contributed by atoms with Gasteiger partial charge >= 0.3 is 5.97 Å². The molecule has 1 heterocycles. The van der Waals surface area contributed by atoms with Gasteiger partial charge in [0.1, 0.15) is 11.5 Å². The zero-order valence-corrected chi connectivity index (χ0v) is 11.1. The van der Waals surface area contributed by atoms with Gasteiger partial charge in [0.25, 0.3) is 5.91 Å². The maximum atomic E-state index is 12.8. The smallest absolute Gasteiger partial charge is 0.305 e. The van der Waals surface area contributed by atoms with Crippen LogP contribution in [0.3, 0.4) is 0 Å².